The Morgan fingerprint density at radius 2 is 1.93 bits per heavy atom. The summed E-state index contributed by atoms with van der Waals surface area (Å²) in [4.78, 5) is 14.2. The summed E-state index contributed by atoms with van der Waals surface area (Å²) in [6, 6.07) is 9.73. The van der Waals surface area contributed by atoms with Crippen molar-refractivity contribution in [3.8, 4) is 23.0 Å². The minimum atomic E-state index is 0. The summed E-state index contributed by atoms with van der Waals surface area (Å²) < 4.78 is 17.2. The number of nitrogens with one attached hydrogen (secondary N) is 2. The van der Waals surface area contributed by atoms with Crippen LogP contribution in [0.4, 0.5) is 11.8 Å². The van der Waals surface area contributed by atoms with E-state index in [1.165, 1.54) is 0 Å². The lowest BCUT2D eigenvalue weighted by Crippen LogP contribution is -2.19. The molecule has 1 aromatic carbocycles. The zero-order chi connectivity index (χ0) is 27.5. The molecule has 0 spiro atoms. The molecule has 40 heavy (non-hydrogen) atoms. The second-order valence-electron chi connectivity index (χ2n) is 9.89. The molecule has 1 aliphatic carbocycles. The topological polar surface area (TPSA) is 115 Å². The van der Waals surface area contributed by atoms with Gasteiger partial charge in [0.15, 0.2) is 5.58 Å². The molecule has 0 amide bonds. The van der Waals surface area contributed by atoms with Crippen LogP contribution in [0.25, 0.3) is 22.3 Å². The molecule has 0 saturated heterocycles. The van der Waals surface area contributed by atoms with Crippen molar-refractivity contribution in [3.63, 3.8) is 0 Å². The molecule has 0 radical (unpaired) electrons. The number of furan rings is 1. The molecule has 3 N–H and O–H groups in total. The maximum atomic E-state index is 9.66. The van der Waals surface area contributed by atoms with E-state index in [9.17, 15) is 5.11 Å². The fourth-order valence-electron chi connectivity index (χ4n) is 5.14. The number of benzene rings is 1. The van der Waals surface area contributed by atoms with E-state index in [-0.39, 0.29) is 25.1 Å². The quantitative estimate of drug-likeness (QED) is 0.189. The number of hydrogen-bond donors (Lipinski definition) is 3. The van der Waals surface area contributed by atoms with Crippen LogP contribution in [0.2, 0.25) is 5.02 Å². The monoisotopic (exact) mass is 587 g/mol. The number of anilines is 2. The molecule has 4 aromatic rings. The first-order chi connectivity index (χ1) is 18.9. The van der Waals surface area contributed by atoms with Crippen molar-refractivity contribution < 1.29 is 19.0 Å². The van der Waals surface area contributed by atoms with Gasteiger partial charge < -0.3 is 29.6 Å². The fraction of sp³-hybridized carbons (Fsp3) is 0.414. The third kappa shape index (κ3) is 6.37. The van der Waals surface area contributed by atoms with Gasteiger partial charge in [-0.15, -0.1) is 12.4 Å². The highest BCUT2D eigenvalue weighted by Crippen LogP contribution is 2.38. The molecular formula is C29H35Cl2N5O4. The van der Waals surface area contributed by atoms with Crippen molar-refractivity contribution in [1.29, 1.82) is 0 Å². The molecule has 1 fully saturated rings. The highest BCUT2D eigenvalue weighted by molar-refractivity contribution is 6.32. The van der Waals surface area contributed by atoms with Gasteiger partial charge in [0.05, 0.1) is 35.7 Å². The number of halogens is 2. The van der Waals surface area contributed by atoms with E-state index in [2.05, 4.69) is 15.6 Å². The zero-order valence-electron chi connectivity index (χ0n) is 23.1. The first-order valence-corrected chi connectivity index (χ1v) is 13.6. The molecule has 1 saturated carbocycles. The Morgan fingerprint density at radius 1 is 1.10 bits per heavy atom. The van der Waals surface area contributed by atoms with Crippen LogP contribution in [0.5, 0.6) is 11.6 Å². The first kappa shape index (κ1) is 29.7. The Balaban J connectivity index is 0.00000370. The van der Waals surface area contributed by atoms with Crippen molar-refractivity contribution in [2.45, 2.75) is 52.6 Å². The Labute approximate surface area is 245 Å². The lowest BCUT2D eigenvalue weighted by atomic mass is 10.1. The SMILES string of the molecule is CCOc1cc2cc(-c3c(C)nc(NCc4ccc(OC)c(Cl)c4)nc3NC3CCC(CO)C3)oc2c(C)n1.Cl. The molecule has 9 nitrogen and oxygen atoms in total. The number of pyridine rings is 1. The summed E-state index contributed by atoms with van der Waals surface area (Å²) in [7, 11) is 1.59. The van der Waals surface area contributed by atoms with Crippen LogP contribution < -0.4 is 20.1 Å². The number of aromatic nitrogens is 3. The molecule has 1 aliphatic rings. The van der Waals surface area contributed by atoms with E-state index in [0.717, 1.165) is 47.2 Å². The van der Waals surface area contributed by atoms with Gasteiger partial charge in [0.25, 0.3) is 0 Å². The largest absolute Gasteiger partial charge is 0.495 e. The van der Waals surface area contributed by atoms with E-state index >= 15 is 0 Å². The van der Waals surface area contributed by atoms with Crippen LogP contribution in [0.3, 0.4) is 0 Å². The predicted molar refractivity (Wildman–Crippen MR) is 160 cm³/mol. The molecule has 2 unspecified atom stereocenters. The van der Waals surface area contributed by atoms with E-state index in [1.807, 2.05) is 51.1 Å². The van der Waals surface area contributed by atoms with Crippen LogP contribution in [0.1, 0.15) is 43.1 Å². The lowest BCUT2D eigenvalue weighted by molar-refractivity contribution is 0.229. The molecule has 2 atom stereocenters. The summed E-state index contributed by atoms with van der Waals surface area (Å²) in [5, 5.41) is 18.1. The molecule has 0 bridgehead atoms. The second kappa shape index (κ2) is 12.9. The highest BCUT2D eigenvalue weighted by Gasteiger charge is 2.27. The second-order valence-corrected chi connectivity index (χ2v) is 10.3. The summed E-state index contributed by atoms with van der Waals surface area (Å²) >= 11 is 6.31. The lowest BCUT2D eigenvalue weighted by Gasteiger charge is -2.18. The van der Waals surface area contributed by atoms with E-state index in [4.69, 9.17) is 35.5 Å². The van der Waals surface area contributed by atoms with Crippen molar-refractivity contribution in [1.82, 2.24) is 15.0 Å². The van der Waals surface area contributed by atoms with Crippen LogP contribution in [0.15, 0.2) is 34.7 Å². The van der Waals surface area contributed by atoms with Gasteiger partial charge in [0.1, 0.15) is 17.3 Å². The molecule has 0 aliphatic heterocycles. The van der Waals surface area contributed by atoms with Crippen LogP contribution in [-0.2, 0) is 6.54 Å². The standard InChI is InChI=1S/C29H34ClN5O4.ClH/c1-5-38-25-13-20-12-24(39-27(20)17(3)32-25)26-16(2)33-29(31-14-18-7-9-23(37-4)22(30)11-18)35-28(26)34-21-8-6-19(10-21)15-36;/h7,9,11-13,19,21,36H,5-6,8,10,14-15H2,1-4H3,(H2,31,33,34,35);1H. The van der Waals surface area contributed by atoms with Gasteiger partial charge in [0, 0.05) is 30.6 Å². The van der Waals surface area contributed by atoms with Crippen LogP contribution >= 0.6 is 24.0 Å². The number of methoxy groups -OCH3 is 1. The van der Waals surface area contributed by atoms with Gasteiger partial charge in [0.2, 0.25) is 11.8 Å². The Morgan fingerprint density at radius 3 is 2.62 bits per heavy atom. The minimum absolute atomic E-state index is 0. The van der Waals surface area contributed by atoms with Crippen molar-refractivity contribution in [3.05, 3.63) is 52.3 Å². The smallest absolute Gasteiger partial charge is 0.225 e. The number of aliphatic hydroxyl groups is 1. The Bertz CT molecular complexity index is 1480. The zero-order valence-corrected chi connectivity index (χ0v) is 24.7. The number of hydrogen-bond acceptors (Lipinski definition) is 9. The van der Waals surface area contributed by atoms with Gasteiger partial charge in [-0.2, -0.15) is 4.98 Å². The van der Waals surface area contributed by atoms with Gasteiger partial charge in [-0.3, -0.25) is 0 Å². The normalized spacial score (nSPS) is 16.6. The Kier molecular flexibility index (Phi) is 9.60. The van der Waals surface area contributed by atoms with Crippen molar-refractivity contribution in [2.75, 3.05) is 31.0 Å². The maximum Gasteiger partial charge on any atom is 0.225 e. The van der Waals surface area contributed by atoms with Crippen molar-refractivity contribution in [2.24, 2.45) is 5.92 Å². The predicted octanol–water partition coefficient (Wildman–Crippen LogP) is 6.57. The first-order valence-electron chi connectivity index (χ1n) is 13.2. The number of aryl methyl sites for hydroxylation is 2. The summed E-state index contributed by atoms with van der Waals surface area (Å²) in [5.74, 6) is 3.34. The van der Waals surface area contributed by atoms with Gasteiger partial charge in [-0.05, 0) is 69.7 Å². The van der Waals surface area contributed by atoms with E-state index in [1.54, 1.807) is 7.11 Å². The number of aliphatic hydroxyl groups excluding tert-OH is 1. The minimum Gasteiger partial charge on any atom is -0.495 e. The fourth-order valence-corrected chi connectivity index (χ4v) is 5.42. The number of fused-ring (bicyclic) bond motifs is 1. The number of nitrogens with zero attached hydrogens (tertiary/aromatic N) is 3. The maximum absolute atomic E-state index is 9.66. The molecular weight excluding hydrogens is 553 g/mol. The van der Waals surface area contributed by atoms with Crippen molar-refractivity contribution >= 4 is 46.7 Å². The molecule has 3 aromatic heterocycles. The van der Waals surface area contributed by atoms with E-state index < -0.39 is 0 Å². The van der Waals surface area contributed by atoms with Gasteiger partial charge in [-0.1, -0.05) is 17.7 Å². The molecule has 5 rings (SSSR count). The molecule has 3 heterocycles. The number of ether oxygens (including phenoxy) is 2. The summed E-state index contributed by atoms with van der Waals surface area (Å²) in [6.45, 7) is 7.02. The average Bonchev–Trinajstić information content (AvgIpc) is 3.55. The molecule has 214 valence electrons. The molecule has 11 heteroatoms. The highest BCUT2D eigenvalue weighted by atomic mass is 35.5. The van der Waals surface area contributed by atoms with Gasteiger partial charge >= 0.3 is 0 Å². The van der Waals surface area contributed by atoms with Crippen LogP contribution in [-0.4, -0.2) is 46.4 Å². The average molecular weight is 589 g/mol. The Hall–Kier alpha value is -3.27. The summed E-state index contributed by atoms with van der Waals surface area (Å²) in [5.41, 5.74) is 4.02. The number of rotatable bonds is 10. The third-order valence-electron chi connectivity index (χ3n) is 7.08. The van der Waals surface area contributed by atoms with Gasteiger partial charge in [-0.25, -0.2) is 9.97 Å². The van der Waals surface area contributed by atoms with Crippen LogP contribution in [0, 0.1) is 19.8 Å². The summed E-state index contributed by atoms with van der Waals surface area (Å²) in [6.07, 6.45) is 2.82. The van der Waals surface area contributed by atoms with E-state index in [0.29, 0.717) is 58.8 Å². The third-order valence-corrected chi connectivity index (χ3v) is 7.38.